The molecule has 1 heterocycles. The van der Waals surface area contributed by atoms with Gasteiger partial charge in [-0.2, -0.15) is 0 Å². The summed E-state index contributed by atoms with van der Waals surface area (Å²) in [4.78, 5) is 19.5. The molecule has 0 aliphatic heterocycles. The van der Waals surface area contributed by atoms with Gasteiger partial charge in [0.05, 0.1) is 17.6 Å². The van der Waals surface area contributed by atoms with Crippen molar-refractivity contribution < 1.29 is 9.90 Å². The second kappa shape index (κ2) is 7.08. The Labute approximate surface area is 124 Å². The fourth-order valence-electron chi connectivity index (χ4n) is 2.24. The highest BCUT2D eigenvalue weighted by Gasteiger charge is 2.10. The van der Waals surface area contributed by atoms with Crippen LogP contribution in [0.4, 0.5) is 4.79 Å². The average Bonchev–Trinajstić information content (AvgIpc) is 2.89. The van der Waals surface area contributed by atoms with Crippen molar-refractivity contribution in [2.75, 3.05) is 6.61 Å². The van der Waals surface area contributed by atoms with Crippen molar-refractivity contribution in [1.82, 2.24) is 20.6 Å². The molecular formula is C15H22N4O2. The lowest BCUT2D eigenvalue weighted by Gasteiger charge is -2.15. The molecule has 114 valence electrons. The largest absolute Gasteiger partial charge is 0.396 e. The van der Waals surface area contributed by atoms with E-state index in [0.29, 0.717) is 13.0 Å². The molecule has 21 heavy (non-hydrogen) atoms. The molecule has 1 aromatic heterocycles. The Hall–Kier alpha value is -2.08. The zero-order chi connectivity index (χ0) is 15.2. The number of aliphatic hydroxyl groups is 1. The minimum atomic E-state index is -0.243. The number of aliphatic hydroxyl groups excluding tert-OH is 1. The van der Waals surface area contributed by atoms with Crippen LogP contribution >= 0.6 is 0 Å². The van der Waals surface area contributed by atoms with E-state index in [1.807, 2.05) is 32.0 Å². The molecule has 6 nitrogen and oxygen atoms in total. The lowest BCUT2D eigenvalue weighted by molar-refractivity contribution is 0.227. The van der Waals surface area contributed by atoms with Crippen LogP contribution in [0.5, 0.6) is 0 Å². The molecule has 0 spiro atoms. The number of imidazole rings is 1. The van der Waals surface area contributed by atoms with E-state index in [1.165, 1.54) is 0 Å². The van der Waals surface area contributed by atoms with Gasteiger partial charge in [-0.25, -0.2) is 9.78 Å². The third kappa shape index (κ3) is 3.95. The van der Waals surface area contributed by atoms with E-state index in [4.69, 9.17) is 5.11 Å². The summed E-state index contributed by atoms with van der Waals surface area (Å²) in [5.74, 6) is 0.727. The van der Waals surface area contributed by atoms with Crippen LogP contribution in [0.25, 0.3) is 11.0 Å². The van der Waals surface area contributed by atoms with Gasteiger partial charge >= 0.3 is 6.03 Å². The Balaban J connectivity index is 1.92. The lowest BCUT2D eigenvalue weighted by atomic mass is 10.2. The molecule has 6 heteroatoms. The Morgan fingerprint density at radius 2 is 2.29 bits per heavy atom. The highest BCUT2D eigenvalue weighted by molar-refractivity contribution is 5.78. The lowest BCUT2D eigenvalue weighted by Crippen LogP contribution is -2.42. The van der Waals surface area contributed by atoms with Gasteiger partial charge < -0.3 is 20.7 Å². The Morgan fingerprint density at radius 1 is 1.48 bits per heavy atom. The average molecular weight is 290 g/mol. The van der Waals surface area contributed by atoms with Crippen molar-refractivity contribution in [3.8, 4) is 0 Å². The van der Waals surface area contributed by atoms with E-state index in [-0.39, 0.29) is 18.7 Å². The SMILES string of the molecule is CCC(CCO)NC(=O)NCc1nc2c(C)cccc2[nH]1. The van der Waals surface area contributed by atoms with Gasteiger partial charge in [0.2, 0.25) is 0 Å². The zero-order valence-corrected chi connectivity index (χ0v) is 12.4. The topological polar surface area (TPSA) is 90.0 Å². The standard InChI is InChI=1S/C15H22N4O2/c1-3-11(7-8-20)17-15(21)16-9-13-18-12-6-4-5-10(2)14(12)19-13/h4-6,11,20H,3,7-9H2,1-2H3,(H,18,19)(H2,16,17,21). The number of aromatic nitrogens is 2. The van der Waals surface area contributed by atoms with Gasteiger partial charge in [0.15, 0.2) is 0 Å². The summed E-state index contributed by atoms with van der Waals surface area (Å²) in [6.07, 6.45) is 1.35. The number of aromatic amines is 1. The summed E-state index contributed by atoms with van der Waals surface area (Å²) in [6, 6.07) is 5.70. The van der Waals surface area contributed by atoms with E-state index in [9.17, 15) is 4.79 Å². The number of carbonyl (C=O) groups excluding carboxylic acids is 1. The number of nitrogens with zero attached hydrogens (tertiary/aromatic N) is 1. The summed E-state index contributed by atoms with van der Waals surface area (Å²) in [7, 11) is 0. The molecule has 0 saturated carbocycles. The first-order valence-corrected chi connectivity index (χ1v) is 7.23. The Bertz CT molecular complexity index is 609. The normalized spacial score (nSPS) is 12.3. The number of H-pyrrole nitrogens is 1. The number of carbonyl (C=O) groups is 1. The van der Waals surface area contributed by atoms with Crippen LogP contribution in [0.15, 0.2) is 18.2 Å². The number of aryl methyl sites for hydroxylation is 1. The molecule has 0 radical (unpaired) electrons. The third-order valence-electron chi connectivity index (χ3n) is 3.49. The number of para-hydroxylation sites is 1. The van der Waals surface area contributed by atoms with Gasteiger partial charge in [0.25, 0.3) is 0 Å². The number of hydrogen-bond donors (Lipinski definition) is 4. The molecule has 0 aliphatic carbocycles. The predicted octanol–water partition coefficient (Wildman–Crippen LogP) is 1.83. The van der Waals surface area contributed by atoms with Crippen molar-refractivity contribution in [3.63, 3.8) is 0 Å². The quantitative estimate of drug-likeness (QED) is 0.654. The first-order chi connectivity index (χ1) is 10.1. The van der Waals surface area contributed by atoms with Crippen molar-refractivity contribution in [2.24, 2.45) is 0 Å². The predicted molar refractivity (Wildman–Crippen MR) is 82.0 cm³/mol. The Kier molecular flexibility index (Phi) is 5.16. The molecule has 1 aromatic carbocycles. The molecule has 0 aliphatic rings. The molecule has 0 saturated heterocycles. The van der Waals surface area contributed by atoms with E-state index in [2.05, 4.69) is 20.6 Å². The van der Waals surface area contributed by atoms with E-state index in [0.717, 1.165) is 28.8 Å². The summed E-state index contributed by atoms with van der Waals surface area (Å²) in [5.41, 5.74) is 3.01. The first-order valence-electron chi connectivity index (χ1n) is 7.23. The fourth-order valence-corrected chi connectivity index (χ4v) is 2.24. The van der Waals surface area contributed by atoms with Gasteiger partial charge in [-0.15, -0.1) is 0 Å². The molecular weight excluding hydrogens is 268 g/mol. The number of rotatable bonds is 6. The number of urea groups is 1. The second-order valence-electron chi connectivity index (χ2n) is 5.10. The molecule has 2 rings (SSSR count). The van der Waals surface area contributed by atoms with Crippen LogP contribution in [0.1, 0.15) is 31.2 Å². The monoisotopic (exact) mass is 290 g/mol. The number of nitrogens with one attached hydrogen (secondary N) is 3. The number of fused-ring (bicyclic) bond motifs is 1. The van der Waals surface area contributed by atoms with Crippen molar-refractivity contribution in [1.29, 1.82) is 0 Å². The van der Waals surface area contributed by atoms with Gasteiger partial charge in [-0.3, -0.25) is 0 Å². The number of amides is 2. The number of hydrogen-bond acceptors (Lipinski definition) is 3. The number of benzene rings is 1. The van der Waals surface area contributed by atoms with Crippen LogP contribution in [0, 0.1) is 6.92 Å². The summed E-state index contributed by atoms with van der Waals surface area (Å²) < 4.78 is 0. The van der Waals surface area contributed by atoms with Gasteiger partial charge in [-0.1, -0.05) is 19.1 Å². The van der Waals surface area contributed by atoms with Crippen LogP contribution in [0.2, 0.25) is 0 Å². The molecule has 1 unspecified atom stereocenters. The summed E-state index contributed by atoms with van der Waals surface area (Å²) in [5, 5.41) is 14.5. The fraction of sp³-hybridized carbons (Fsp3) is 0.467. The van der Waals surface area contributed by atoms with Gasteiger partial charge in [0, 0.05) is 12.6 Å². The molecule has 0 bridgehead atoms. The molecule has 2 amide bonds. The smallest absolute Gasteiger partial charge is 0.315 e. The molecule has 1 atom stereocenters. The van der Waals surface area contributed by atoms with Crippen molar-refractivity contribution >= 4 is 17.1 Å². The zero-order valence-electron chi connectivity index (χ0n) is 12.4. The van der Waals surface area contributed by atoms with Crippen LogP contribution in [-0.4, -0.2) is 33.8 Å². The van der Waals surface area contributed by atoms with Gasteiger partial charge in [0.1, 0.15) is 5.82 Å². The van der Waals surface area contributed by atoms with Gasteiger partial charge in [-0.05, 0) is 31.4 Å². The highest BCUT2D eigenvalue weighted by atomic mass is 16.3. The van der Waals surface area contributed by atoms with E-state index in [1.54, 1.807) is 0 Å². The molecule has 4 N–H and O–H groups in total. The van der Waals surface area contributed by atoms with Crippen LogP contribution in [0.3, 0.4) is 0 Å². The Morgan fingerprint density at radius 3 is 2.95 bits per heavy atom. The molecule has 2 aromatic rings. The minimum absolute atomic E-state index is 0.00656. The minimum Gasteiger partial charge on any atom is -0.396 e. The van der Waals surface area contributed by atoms with E-state index < -0.39 is 0 Å². The van der Waals surface area contributed by atoms with Crippen LogP contribution < -0.4 is 10.6 Å². The van der Waals surface area contributed by atoms with Crippen molar-refractivity contribution in [2.45, 2.75) is 39.3 Å². The van der Waals surface area contributed by atoms with E-state index >= 15 is 0 Å². The third-order valence-corrected chi connectivity index (χ3v) is 3.49. The summed E-state index contributed by atoms with van der Waals surface area (Å²) >= 11 is 0. The van der Waals surface area contributed by atoms with Crippen LogP contribution in [-0.2, 0) is 6.54 Å². The maximum atomic E-state index is 11.8. The second-order valence-corrected chi connectivity index (χ2v) is 5.10. The maximum absolute atomic E-state index is 11.8. The maximum Gasteiger partial charge on any atom is 0.315 e. The molecule has 0 fully saturated rings. The van der Waals surface area contributed by atoms with Crippen molar-refractivity contribution in [3.05, 3.63) is 29.6 Å². The first kappa shape index (κ1) is 15.3. The highest BCUT2D eigenvalue weighted by Crippen LogP contribution is 2.15. The summed E-state index contributed by atoms with van der Waals surface area (Å²) in [6.45, 7) is 4.40.